The fraction of sp³-hybridized carbons (Fsp3) is 0.0741. The summed E-state index contributed by atoms with van der Waals surface area (Å²) >= 11 is 0. The van der Waals surface area contributed by atoms with Gasteiger partial charge in [-0.3, -0.25) is 14.4 Å². The molecule has 1 unspecified atom stereocenters. The monoisotopic (exact) mass is 458 g/mol. The summed E-state index contributed by atoms with van der Waals surface area (Å²) in [5, 5.41) is 5.37. The molecule has 1 aliphatic carbocycles. The zero-order chi connectivity index (χ0) is 24.1. The summed E-state index contributed by atoms with van der Waals surface area (Å²) in [5.74, 6) is -2.39. The second kappa shape index (κ2) is 10.0. The van der Waals surface area contributed by atoms with E-state index in [-0.39, 0.29) is 16.9 Å². The highest BCUT2D eigenvalue weighted by molar-refractivity contribution is 6.05. The Balaban J connectivity index is 1.34. The maximum absolute atomic E-state index is 13.3. The molecule has 0 radical (unpaired) electrons. The number of carbonyl (C=O) groups excluding carboxylic acids is 3. The van der Waals surface area contributed by atoms with E-state index in [9.17, 15) is 23.2 Å². The first-order chi connectivity index (χ1) is 16.4. The highest BCUT2D eigenvalue weighted by Gasteiger charge is 2.20. The van der Waals surface area contributed by atoms with Crippen molar-refractivity contribution in [2.75, 3.05) is 5.32 Å². The Hall–Kier alpha value is -4.39. The summed E-state index contributed by atoms with van der Waals surface area (Å²) in [6.07, 6.45) is 5.50. The Morgan fingerprint density at radius 1 is 0.735 bits per heavy atom. The zero-order valence-corrected chi connectivity index (χ0v) is 17.9. The molecule has 0 aliphatic heterocycles. The number of halogens is 2. The molecule has 0 spiro atoms. The number of allylic oxidation sites excluding steroid dienone is 3. The number of nitrogens with one attached hydrogen (secondary N) is 2. The Morgan fingerprint density at radius 2 is 1.32 bits per heavy atom. The average Bonchev–Trinajstić information content (AvgIpc) is 2.84. The average molecular weight is 458 g/mol. The number of benzene rings is 3. The quantitative estimate of drug-likeness (QED) is 0.493. The van der Waals surface area contributed by atoms with E-state index in [0.717, 1.165) is 12.1 Å². The number of hydrogen-bond acceptors (Lipinski definition) is 3. The molecule has 34 heavy (non-hydrogen) atoms. The summed E-state index contributed by atoms with van der Waals surface area (Å²) < 4.78 is 26.6. The van der Waals surface area contributed by atoms with E-state index in [1.54, 1.807) is 42.5 Å². The van der Waals surface area contributed by atoms with E-state index in [1.807, 2.05) is 0 Å². The molecule has 1 atom stereocenters. The summed E-state index contributed by atoms with van der Waals surface area (Å²) in [4.78, 5) is 37.3. The molecule has 0 saturated heterocycles. The largest absolute Gasteiger partial charge is 0.322 e. The highest BCUT2D eigenvalue weighted by atomic mass is 19.1. The van der Waals surface area contributed by atoms with Crippen molar-refractivity contribution < 1.29 is 23.2 Å². The van der Waals surface area contributed by atoms with E-state index in [0.29, 0.717) is 23.4 Å². The second-order valence-corrected chi connectivity index (χ2v) is 7.73. The molecule has 7 heteroatoms. The van der Waals surface area contributed by atoms with Crippen LogP contribution in [-0.2, 0) is 0 Å². The zero-order valence-electron chi connectivity index (χ0n) is 17.9. The van der Waals surface area contributed by atoms with Gasteiger partial charge < -0.3 is 10.6 Å². The molecule has 3 aromatic rings. The van der Waals surface area contributed by atoms with E-state index in [2.05, 4.69) is 10.6 Å². The summed E-state index contributed by atoms with van der Waals surface area (Å²) in [7, 11) is 0. The van der Waals surface area contributed by atoms with Crippen molar-refractivity contribution in [2.45, 2.75) is 6.42 Å². The van der Waals surface area contributed by atoms with Gasteiger partial charge in [0.1, 0.15) is 11.6 Å². The molecule has 2 N–H and O–H groups in total. The summed E-state index contributed by atoms with van der Waals surface area (Å²) in [6, 6.07) is 17.2. The van der Waals surface area contributed by atoms with Crippen LogP contribution in [0.5, 0.6) is 0 Å². The van der Waals surface area contributed by atoms with Crippen LogP contribution in [0, 0.1) is 17.6 Å². The third-order valence-corrected chi connectivity index (χ3v) is 5.30. The molecule has 2 amide bonds. The third kappa shape index (κ3) is 5.50. The topological polar surface area (TPSA) is 75.3 Å². The summed E-state index contributed by atoms with van der Waals surface area (Å²) in [5.41, 5.74) is 1.89. The second-order valence-electron chi connectivity index (χ2n) is 7.73. The molecule has 0 saturated carbocycles. The van der Waals surface area contributed by atoms with Gasteiger partial charge in [0.05, 0.1) is 0 Å². The number of amides is 2. The maximum Gasteiger partial charge on any atom is 0.255 e. The number of rotatable bonds is 6. The van der Waals surface area contributed by atoms with Crippen LogP contribution < -0.4 is 10.6 Å². The molecule has 0 heterocycles. The Morgan fingerprint density at radius 3 is 1.85 bits per heavy atom. The molecule has 5 nitrogen and oxygen atoms in total. The van der Waals surface area contributed by atoms with E-state index in [1.165, 1.54) is 36.4 Å². The van der Waals surface area contributed by atoms with Gasteiger partial charge in [-0.2, -0.15) is 0 Å². The molecule has 0 fully saturated rings. The van der Waals surface area contributed by atoms with Gasteiger partial charge in [0.25, 0.3) is 11.8 Å². The van der Waals surface area contributed by atoms with Crippen molar-refractivity contribution in [2.24, 2.45) is 5.92 Å². The number of ketones is 1. The Bertz CT molecular complexity index is 1310. The minimum atomic E-state index is -0.500. The Labute approximate surface area is 194 Å². The van der Waals surface area contributed by atoms with Crippen molar-refractivity contribution >= 4 is 23.3 Å². The lowest BCUT2D eigenvalue weighted by Gasteiger charge is -2.16. The lowest BCUT2D eigenvalue weighted by molar-refractivity contribution is 0.0944. The third-order valence-electron chi connectivity index (χ3n) is 5.30. The summed E-state index contributed by atoms with van der Waals surface area (Å²) in [6.45, 7) is 0. The van der Waals surface area contributed by atoms with Crippen LogP contribution in [-0.4, -0.2) is 17.6 Å². The normalized spacial score (nSPS) is 14.8. The standard InChI is InChI=1S/C27H20F2N2O3/c28-21-5-1-3-19(15-21)26(33)30-23-11-7-17(8-12-23)25(32)18-9-13-24(14-10-18)31-27(34)20-4-2-6-22(29)16-20/h1-9,11-16,18H,10H2,(H,30,33)(H,31,34). The van der Waals surface area contributed by atoms with Crippen molar-refractivity contribution in [3.63, 3.8) is 0 Å². The first-order valence-electron chi connectivity index (χ1n) is 10.6. The van der Waals surface area contributed by atoms with Gasteiger partial charge in [0.2, 0.25) is 0 Å². The van der Waals surface area contributed by atoms with Gasteiger partial charge in [-0.25, -0.2) is 8.78 Å². The minimum absolute atomic E-state index is 0.106. The molecule has 3 aromatic carbocycles. The molecule has 170 valence electrons. The van der Waals surface area contributed by atoms with Gasteiger partial charge >= 0.3 is 0 Å². The minimum Gasteiger partial charge on any atom is -0.322 e. The lowest BCUT2D eigenvalue weighted by atomic mass is 9.91. The van der Waals surface area contributed by atoms with Crippen LogP contribution >= 0.6 is 0 Å². The van der Waals surface area contributed by atoms with E-state index >= 15 is 0 Å². The fourth-order valence-electron chi connectivity index (χ4n) is 3.51. The van der Waals surface area contributed by atoms with Crippen LogP contribution in [0.15, 0.2) is 96.7 Å². The van der Waals surface area contributed by atoms with Gasteiger partial charge in [-0.05, 0) is 73.2 Å². The predicted octanol–water partition coefficient (Wildman–Crippen LogP) is 5.29. The first kappa shape index (κ1) is 22.8. The highest BCUT2D eigenvalue weighted by Crippen LogP contribution is 2.22. The van der Waals surface area contributed by atoms with Gasteiger partial charge in [0, 0.05) is 34.0 Å². The van der Waals surface area contributed by atoms with Crippen LogP contribution in [0.25, 0.3) is 0 Å². The molecular weight excluding hydrogens is 438 g/mol. The SMILES string of the molecule is O=C(NC1=CCC(C(=O)c2ccc(NC(=O)c3cccc(F)c3)cc2)C=C1)c1cccc(F)c1. The molecular formula is C27H20F2N2O3. The van der Waals surface area contributed by atoms with Crippen LogP contribution in [0.2, 0.25) is 0 Å². The Kier molecular flexibility index (Phi) is 6.73. The number of anilines is 1. The number of Topliss-reactive ketones (excluding diaryl/α,β-unsaturated/α-hetero) is 1. The molecule has 0 aromatic heterocycles. The number of hydrogen-bond donors (Lipinski definition) is 2. The predicted molar refractivity (Wildman–Crippen MR) is 124 cm³/mol. The van der Waals surface area contributed by atoms with Crippen molar-refractivity contribution in [1.82, 2.24) is 5.32 Å². The van der Waals surface area contributed by atoms with Crippen molar-refractivity contribution in [1.29, 1.82) is 0 Å². The van der Waals surface area contributed by atoms with Crippen LogP contribution in [0.4, 0.5) is 14.5 Å². The fourth-order valence-corrected chi connectivity index (χ4v) is 3.51. The molecule has 4 rings (SSSR count). The number of carbonyl (C=O) groups is 3. The van der Waals surface area contributed by atoms with E-state index in [4.69, 9.17) is 0 Å². The maximum atomic E-state index is 13.3. The molecule has 1 aliphatic rings. The van der Waals surface area contributed by atoms with E-state index < -0.39 is 29.4 Å². The van der Waals surface area contributed by atoms with Crippen molar-refractivity contribution in [3.8, 4) is 0 Å². The van der Waals surface area contributed by atoms with Crippen LogP contribution in [0.1, 0.15) is 37.5 Å². The lowest BCUT2D eigenvalue weighted by Crippen LogP contribution is -2.24. The molecule has 0 bridgehead atoms. The van der Waals surface area contributed by atoms with Gasteiger partial charge in [-0.1, -0.05) is 24.3 Å². The smallest absolute Gasteiger partial charge is 0.255 e. The van der Waals surface area contributed by atoms with Crippen molar-refractivity contribution in [3.05, 3.63) is 125 Å². The van der Waals surface area contributed by atoms with Crippen LogP contribution in [0.3, 0.4) is 0 Å². The van der Waals surface area contributed by atoms with Gasteiger partial charge in [-0.15, -0.1) is 0 Å². The first-order valence-corrected chi connectivity index (χ1v) is 10.6. The van der Waals surface area contributed by atoms with Gasteiger partial charge in [0.15, 0.2) is 5.78 Å².